The molecular formula is C11H18O2. The molecule has 0 saturated heterocycles. The van der Waals surface area contributed by atoms with E-state index in [1.54, 1.807) is 6.92 Å². The quantitative estimate of drug-likeness (QED) is 0.723. The van der Waals surface area contributed by atoms with Gasteiger partial charge in [0.05, 0.1) is 6.10 Å². The number of Topliss-reactive ketones (excluding diaryl/α,β-unsaturated/α-hetero) is 1. The van der Waals surface area contributed by atoms with Crippen LogP contribution in [0.2, 0.25) is 0 Å². The number of hydrogen-bond acceptors (Lipinski definition) is 2. The summed E-state index contributed by atoms with van der Waals surface area (Å²) in [5, 5.41) is 9.03. The maximum atomic E-state index is 11.5. The summed E-state index contributed by atoms with van der Waals surface area (Å²) < 4.78 is 0. The van der Waals surface area contributed by atoms with Crippen LogP contribution in [0.4, 0.5) is 0 Å². The number of allylic oxidation sites excluding steroid dienone is 2. The Kier molecular flexibility index (Phi) is 4.16. The average molecular weight is 182 g/mol. The molecule has 1 N–H and O–H groups in total. The number of ketones is 1. The van der Waals surface area contributed by atoms with Crippen molar-refractivity contribution in [3.8, 4) is 0 Å². The number of carbonyl (C=O) groups excluding carboxylic acids is 1. The minimum absolute atomic E-state index is 0.237. The van der Waals surface area contributed by atoms with Crippen LogP contribution in [-0.4, -0.2) is 17.0 Å². The molecule has 0 radical (unpaired) electrons. The monoisotopic (exact) mass is 182 g/mol. The molecule has 0 fully saturated rings. The van der Waals surface area contributed by atoms with Gasteiger partial charge < -0.3 is 5.11 Å². The Balaban J connectivity index is 2.34. The molecule has 1 unspecified atom stereocenters. The van der Waals surface area contributed by atoms with Crippen molar-refractivity contribution in [3.63, 3.8) is 0 Å². The first-order valence-corrected chi connectivity index (χ1v) is 5.10. The van der Waals surface area contributed by atoms with Gasteiger partial charge in [-0.1, -0.05) is 6.08 Å². The second kappa shape index (κ2) is 5.18. The van der Waals surface area contributed by atoms with E-state index in [4.69, 9.17) is 5.11 Å². The van der Waals surface area contributed by atoms with Crippen LogP contribution in [0.5, 0.6) is 0 Å². The van der Waals surface area contributed by atoms with Crippen molar-refractivity contribution in [1.29, 1.82) is 0 Å². The lowest BCUT2D eigenvalue weighted by Gasteiger charge is -2.11. The Bertz CT molecular complexity index is 204. The number of hydrogen-bond donors (Lipinski definition) is 1. The SMILES string of the molecule is CC(O)CCC(=O)C1=CCCCC1. The maximum absolute atomic E-state index is 11.5. The van der Waals surface area contributed by atoms with Crippen LogP contribution >= 0.6 is 0 Å². The summed E-state index contributed by atoms with van der Waals surface area (Å²) in [5.41, 5.74) is 0.992. The molecule has 0 amide bonds. The van der Waals surface area contributed by atoms with Crippen molar-refractivity contribution in [2.24, 2.45) is 0 Å². The van der Waals surface area contributed by atoms with Crippen molar-refractivity contribution < 1.29 is 9.90 Å². The van der Waals surface area contributed by atoms with Crippen LogP contribution < -0.4 is 0 Å². The molecule has 1 aliphatic rings. The summed E-state index contributed by atoms with van der Waals surface area (Å²) >= 11 is 0. The van der Waals surface area contributed by atoms with Gasteiger partial charge in [-0.25, -0.2) is 0 Å². The zero-order valence-corrected chi connectivity index (χ0v) is 8.25. The predicted octanol–water partition coefficient (Wildman–Crippen LogP) is 2.22. The average Bonchev–Trinajstić information content (AvgIpc) is 2.15. The normalized spacial score (nSPS) is 19.4. The second-order valence-corrected chi connectivity index (χ2v) is 3.79. The van der Waals surface area contributed by atoms with Gasteiger partial charge in [0.15, 0.2) is 5.78 Å². The van der Waals surface area contributed by atoms with Crippen molar-refractivity contribution in [2.45, 2.75) is 51.6 Å². The zero-order chi connectivity index (χ0) is 9.68. The van der Waals surface area contributed by atoms with E-state index in [0.717, 1.165) is 24.8 Å². The number of carbonyl (C=O) groups is 1. The molecule has 2 nitrogen and oxygen atoms in total. The van der Waals surface area contributed by atoms with Crippen molar-refractivity contribution in [1.82, 2.24) is 0 Å². The van der Waals surface area contributed by atoms with Gasteiger partial charge in [0, 0.05) is 6.42 Å². The molecular weight excluding hydrogens is 164 g/mol. The Morgan fingerprint density at radius 2 is 2.38 bits per heavy atom. The molecule has 0 bridgehead atoms. The summed E-state index contributed by atoms with van der Waals surface area (Å²) in [7, 11) is 0. The van der Waals surface area contributed by atoms with E-state index < -0.39 is 0 Å². The Labute approximate surface area is 79.6 Å². The molecule has 0 aromatic heterocycles. The molecule has 2 heteroatoms. The predicted molar refractivity (Wildman–Crippen MR) is 52.5 cm³/mol. The van der Waals surface area contributed by atoms with E-state index >= 15 is 0 Å². The van der Waals surface area contributed by atoms with Gasteiger partial charge in [-0.2, -0.15) is 0 Å². The first-order chi connectivity index (χ1) is 6.20. The minimum Gasteiger partial charge on any atom is -0.393 e. The highest BCUT2D eigenvalue weighted by Crippen LogP contribution is 2.19. The Morgan fingerprint density at radius 3 is 2.92 bits per heavy atom. The van der Waals surface area contributed by atoms with Crippen LogP contribution in [0.3, 0.4) is 0 Å². The van der Waals surface area contributed by atoms with E-state index in [2.05, 4.69) is 6.08 Å². The number of aliphatic hydroxyl groups excluding tert-OH is 1. The lowest BCUT2D eigenvalue weighted by atomic mass is 9.94. The fraction of sp³-hybridized carbons (Fsp3) is 0.727. The highest BCUT2D eigenvalue weighted by atomic mass is 16.3. The van der Waals surface area contributed by atoms with Crippen LogP contribution in [0.1, 0.15) is 45.4 Å². The Hall–Kier alpha value is -0.630. The lowest BCUT2D eigenvalue weighted by molar-refractivity contribution is -0.116. The molecule has 74 valence electrons. The molecule has 0 aromatic rings. The highest BCUT2D eigenvalue weighted by molar-refractivity contribution is 5.95. The molecule has 1 atom stereocenters. The van der Waals surface area contributed by atoms with Gasteiger partial charge in [0.2, 0.25) is 0 Å². The highest BCUT2D eigenvalue weighted by Gasteiger charge is 2.12. The third-order valence-corrected chi connectivity index (χ3v) is 2.44. The number of aliphatic hydroxyl groups is 1. The van der Waals surface area contributed by atoms with Gasteiger partial charge in [-0.15, -0.1) is 0 Å². The van der Waals surface area contributed by atoms with Crippen molar-refractivity contribution in [2.75, 3.05) is 0 Å². The first kappa shape index (κ1) is 10.5. The topological polar surface area (TPSA) is 37.3 Å². The molecule has 1 aliphatic carbocycles. The van der Waals surface area contributed by atoms with E-state index in [0.29, 0.717) is 12.8 Å². The number of rotatable bonds is 4. The van der Waals surface area contributed by atoms with Gasteiger partial charge >= 0.3 is 0 Å². The van der Waals surface area contributed by atoms with Gasteiger partial charge in [0.25, 0.3) is 0 Å². The zero-order valence-electron chi connectivity index (χ0n) is 8.25. The summed E-state index contributed by atoms with van der Waals surface area (Å²) in [6, 6.07) is 0. The molecule has 0 spiro atoms. The summed E-state index contributed by atoms with van der Waals surface area (Å²) in [4.78, 5) is 11.5. The van der Waals surface area contributed by atoms with Gasteiger partial charge in [-0.3, -0.25) is 4.79 Å². The molecule has 0 heterocycles. The molecule has 0 saturated carbocycles. The minimum atomic E-state index is -0.354. The summed E-state index contributed by atoms with van der Waals surface area (Å²) in [6.07, 6.45) is 7.16. The van der Waals surface area contributed by atoms with Gasteiger partial charge in [-0.05, 0) is 44.6 Å². The van der Waals surface area contributed by atoms with Gasteiger partial charge in [0.1, 0.15) is 0 Å². The van der Waals surface area contributed by atoms with E-state index in [9.17, 15) is 4.79 Å². The third kappa shape index (κ3) is 3.73. The summed E-state index contributed by atoms with van der Waals surface area (Å²) in [5.74, 6) is 0.237. The lowest BCUT2D eigenvalue weighted by Crippen LogP contribution is -2.09. The summed E-state index contributed by atoms with van der Waals surface area (Å²) in [6.45, 7) is 1.72. The van der Waals surface area contributed by atoms with E-state index in [1.807, 2.05) is 0 Å². The Morgan fingerprint density at radius 1 is 1.62 bits per heavy atom. The van der Waals surface area contributed by atoms with Crippen molar-refractivity contribution in [3.05, 3.63) is 11.6 Å². The molecule has 13 heavy (non-hydrogen) atoms. The fourth-order valence-electron chi connectivity index (χ4n) is 1.59. The van der Waals surface area contributed by atoms with E-state index in [-0.39, 0.29) is 11.9 Å². The molecule has 1 rings (SSSR count). The smallest absolute Gasteiger partial charge is 0.158 e. The standard InChI is InChI=1S/C11H18O2/c1-9(12)7-8-11(13)10-5-3-2-4-6-10/h5,9,12H,2-4,6-8H2,1H3. The van der Waals surface area contributed by atoms with Crippen LogP contribution in [0.25, 0.3) is 0 Å². The van der Waals surface area contributed by atoms with Crippen molar-refractivity contribution >= 4 is 5.78 Å². The molecule has 0 aromatic carbocycles. The van der Waals surface area contributed by atoms with E-state index in [1.165, 1.54) is 6.42 Å². The molecule has 0 aliphatic heterocycles. The third-order valence-electron chi connectivity index (χ3n) is 2.44. The first-order valence-electron chi connectivity index (χ1n) is 5.10. The largest absolute Gasteiger partial charge is 0.393 e. The fourth-order valence-corrected chi connectivity index (χ4v) is 1.59. The van der Waals surface area contributed by atoms with Crippen LogP contribution in [0, 0.1) is 0 Å². The van der Waals surface area contributed by atoms with Crippen LogP contribution in [0.15, 0.2) is 11.6 Å². The maximum Gasteiger partial charge on any atom is 0.158 e. The van der Waals surface area contributed by atoms with Crippen LogP contribution in [-0.2, 0) is 4.79 Å². The second-order valence-electron chi connectivity index (χ2n) is 3.79.